The lowest BCUT2D eigenvalue weighted by molar-refractivity contribution is -0.230. The molecular weight excluding hydrogens is 889 g/mol. The standard InChI is InChI=1S/C61H78N2O8/c1-3-5-7-9-11-44-13-27-50(28-14-44)58(66)70-55-36-22-46(23-37-55)21-35-54(64)43-60(41-48-17-31-52(62)32-18-48,42-49-19-33-53(63)34-20-49)61(68,69)57(65)40-26-47-24-38-56(39-25-47)71-59(67)51-29-15-45(16-30-51)12-10-8-6-4-2/h17-26,31-40,44-45,50-51,68-69H,3-16,27-30,41-43,62-63H2,1-2H3. The lowest BCUT2D eigenvalue weighted by atomic mass is 9.65. The van der Waals surface area contributed by atoms with Crippen LogP contribution in [-0.2, 0) is 32.0 Å². The Kier molecular flexibility index (Phi) is 20.8. The third-order valence-electron chi connectivity index (χ3n) is 15.0. The quantitative estimate of drug-likeness (QED) is 0.0118. The van der Waals surface area contributed by atoms with Gasteiger partial charge in [-0.25, -0.2) is 0 Å². The summed E-state index contributed by atoms with van der Waals surface area (Å²) < 4.78 is 11.6. The molecule has 380 valence electrons. The Morgan fingerprint density at radius 1 is 0.535 bits per heavy atom. The van der Waals surface area contributed by atoms with Crippen LogP contribution in [0.15, 0.2) is 109 Å². The smallest absolute Gasteiger partial charge is 0.314 e. The zero-order chi connectivity index (χ0) is 50.6. The maximum absolute atomic E-state index is 14.3. The fraction of sp³-hybridized carbons (Fsp3) is 0.475. The topological polar surface area (TPSA) is 179 Å². The Morgan fingerprint density at radius 3 is 1.32 bits per heavy atom. The van der Waals surface area contributed by atoms with Gasteiger partial charge in [-0.3, -0.25) is 19.2 Å². The molecule has 0 saturated heterocycles. The van der Waals surface area contributed by atoms with Crippen LogP contribution in [0.4, 0.5) is 11.4 Å². The summed E-state index contributed by atoms with van der Waals surface area (Å²) in [5.74, 6) is -3.00. The van der Waals surface area contributed by atoms with Crippen LogP contribution in [0.3, 0.4) is 0 Å². The molecule has 2 aliphatic rings. The molecule has 4 aromatic rings. The Bertz CT molecular complexity index is 2310. The Morgan fingerprint density at radius 2 is 0.930 bits per heavy atom. The van der Waals surface area contributed by atoms with Gasteiger partial charge in [-0.15, -0.1) is 0 Å². The van der Waals surface area contributed by atoms with E-state index < -0.39 is 29.2 Å². The van der Waals surface area contributed by atoms with Crippen LogP contribution in [-0.4, -0.2) is 39.5 Å². The molecule has 0 heterocycles. The molecule has 10 heteroatoms. The lowest BCUT2D eigenvalue weighted by Crippen LogP contribution is -2.57. The maximum atomic E-state index is 14.3. The first kappa shape index (κ1) is 54.5. The molecule has 71 heavy (non-hydrogen) atoms. The lowest BCUT2D eigenvalue weighted by Gasteiger charge is -2.42. The van der Waals surface area contributed by atoms with Gasteiger partial charge in [0.15, 0.2) is 5.78 Å². The Hall–Kier alpha value is -5.84. The molecule has 0 radical (unpaired) electrons. The number of esters is 2. The second-order valence-electron chi connectivity index (χ2n) is 20.6. The molecule has 4 aromatic carbocycles. The van der Waals surface area contributed by atoms with Crippen molar-refractivity contribution < 1.29 is 38.9 Å². The Balaban J connectivity index is 1.13. The van der Waals surface area contributed by atoms with E-state index in [-0.39, 0.29) is 36.6 Å². The van der Waals surface area contributed by atoms with Gasteiger partial charge in [0.1, 0.15) is 11.5 Å². The third-order valence-corrected chi connectivity index (χ3v) is 15.0. The van der Waals surface area contributed by atoms with E-state index in [2.05, 4.69) is 13.8 Å². The molecule has 0 spiro atoms. The predicted octanol–water partition coefficient (Wildman–Crippen LogP) is 12.6. The van der Waals surface area contributed by atoms with Crippen molar-refractivity contribution in [3.05, 3.63) is 131 Å². The number of aliphatic hydroxyl groups is 2. The number of carbonyl (C=O) groups excluding carboxylic acids is 4. The van der Waals surface area contributed by atoms with Crippen molar-refractivity contribution in [2.45, 2.75) is 154 Å². The van der Waals surface area contributed by atoms with Crippen molar-refractivity contribution >= 4 is 47.0 Å². The molecule has 0 atom stereocenters. The van der Waals surface area contributed by atoms with Crippen LogP contribution < -0.4 is 20.9 Å². The van der Waals surface area contributed by atoms with Gasteiger partial charge in [-0.2, -0.15) is 0 Å². The fourth-order valence-electron chi connectivity index (χ4n) is 10.5. The molecular formula is C61H78N2O8. The van der Waals surface area contributed by atoms with Crippen LogP contribution in [0.1, 0.15) is 158 Å². The van der Waals surface area contributed by atoms with Gasteiger partial charge in [0.25, 0.3) is 0 Å². The van der Waals surface area contributed by atoms with Crippen molar-refractivity contribution in [3.63, 3.8) is 0 Å². The number of hydrogen-bond donors (Lipinski definition) is 4. The van der Waals surface area contributed by atoms with Crippen LogP contribution >= 0.6 is 0 Å². The molecule has 0 bridgehead atoms. The highest BCUT2D eigenvalue weighted by Gasteiger charge is 2.54. The van der Waals surface area contributed by atoms with Crippen molar-refractivity contribution in [1.29, 1.82) is 0 Å². The molecule has 0 aromatic heterocycles. The van der Waals surface area contributed by atoms with E-state index in [0.29, 0.717) is 57.0 Å². The summed E-state index contributed by atoms with van der Waals surface area (Å²) in [7, 11) is 0. The Labute approximate surface area is 422 Å². The van der Waals surface area contributed by atoms with Crippen LogP contribution in [0, 0.1) is 29.1 Å². The highest BCUT2D eigenvalue weighted by Crippen LogP contribution is 2.43. The highest BCUT2D eigenvalue weighted by atomic mass is 16.5. The average Bonchev–Trinajstić information content (AvgIpc) is 3.37. The number of benzene rings is 4. The van der Waals surface area contributed by atoms with Crippen molar-refractivity contribution in [2.24, 2.45) is 29.1 Å². The second kappa shape index (κ2) is 27.1. The van der Waals surface area contributed by atoms with E-state index in [1.807, 2.05) is 0 Å². The van der Waals surface area contributed by atoms with Crippen molar-refractivity contribution in [2.75, 3.05) is 11.5 Å². The zero-order valence-electron chi connectivity index (χ0n) is 42.2. The number of nitrogens with two attached hydrogens (primary N) is 2. The van der Waals surface area contributed by atoms with Gasteiger partial charge < -0.3 is 31.2 Å². The molecule has 2 saturated carbocycles. The fourth-order valence-corrected chi connectivity index (χ4v) is 10.5. The van der Waals surface area contributed by atoms with Crippen LogP contribution in [0.25, 0.3) is 12.2 Å². The molecule has 0 aliphatic heterocycles. The van der Waals surface area contributed by atoms with E-state index in [1.54, 1.807) is 103 Å². The first-order valence-corrected chi connectivity index (χ1v) is 26.5. The summed E-state index contributed by atoms with van der Waals surface area (Å²) >= 11 is 0. The number of anilines is 2. The van der Waals surface area contributed by atoms with Gasteiger partial charge in [0, 0.05) is 23.2 Å². The van der Waals surface area contributed by atoms with E-state index in [0.717, 1.165) is 57.4 Å². The van der Waals surface area contributed by atoms with Gasteiger partial charge in [0.2, 0.25) is 11.6 Å². The van der Waals surface area contributed by atoms with E-state index in [1.165, 1.54) is 76.4 Å². The molecule has 6 rings (SSSR count). The number of ether oxygens (including phenoxy) is 2. The molecule has 2 aliphatic carbocycles. The summed E-state index contributed by atoms with van der Waals surface area (Å²) in [5.41, 5.74) is 13.8. The molecule has 10 nitrogen and oxygen atoms in total. The van der Waals surface area contributed by atoms with E-state index in [9.17, 15) is 29.4 Å². The number of unbranched alkanes of at least 4 members (excludes halogenated alkanes) is 6. The summed E-state index contributed by atoms with van der Waals surface area (Å²) in [6.07, 6.45) is 25.1. The summed E-state index contributed by atoms with van der Waals surface area (Å²) in [6, 6.07) is 27.3. The van der Waals surface area contributed by atoms with E-state index in [4.69, 9.17) is 20.9 Å². The van der Waals surface area contributed by atoms with Gasteiger partial charge in [-0.1, -0.05) is 139 Å². The van der Waals surface area contributed by atoms with Gasteiger partial charge >= 0.3 is 11.9 Å². The minimum atomic E-state index is -3.06. The molecule has 6 N–H and O–H groups in total. The number of nitrogen functional groups attached to an aromatic ring is 2. The van der Waals surface area contributed by atoms with Crippen LogP contribution in [0.2, 0.25) is 0 Å². The normalized spacial score (nSPS) is 18.6. The maximum Gasteiger partial charge on any atom is 0.314 e. The van der Waals surface area contributed by atoms with Crippen molar-refractivity contribution in [1.82, 2.24) is 0 Å². The molecule has 2 fully saturated rings. The molecule has 0 unspecified atom stereocenters. The first-order valence-electron chi connectivity index (χ1n) is 26.5. The third kappa shape index (κ3) is 16.6. The van der Waals surface area contributed by atoms with Gasteiger partial charge in [-0.05, 0) is 159 Å². The number of carbonyl (C=O) groups is 4. The van der Waals surface area contributed by atoms with Gasteiger partial charge in [0.05, 0.1) is 11.8 Å². The largest absolute Gasteiger partial charge is 0.426 e. The summed E-state index contributed by atoms with van der Waals surface area (Å²) in [4.78, 5) is 54.6. The number of hydrogen-bond acceptors (Lipinski definition) is 10. The number of rotatable bonds is 26. The molecule has 0 amide bonds. The highest BCUT2D eigenvalue weighted by molar-refractivity contribution is 6.01. The number of allylic oxidation sites excluding steroid dienone is 1. The van der Waals surface area contributed by atoms with Crippen LogP contribution in [0.5, 0.6) is 11.5 Å². The summed E-state index contributed by atoms with van der Waals surface area (Å²) in [6.45, 7) is 4.44. The monoisotopic (exact) mass is 967 g/mol. The van der Waals surface area contributed by atoms with Crippen molar-refractivity contribution in [3.8, 4) is 11.5 Å². The SMILES string of the molecule is CCCCCCC1CCC(C(=O)Oc2ccc(C=CC(=O)CC(Cc3ccc(N)cc3)(Cc3ccc(N)cc3)C(O)(O)C(=O)C=Cc3ccc(OC(=O)C4CCC(CCCCCC)CC4)cc3)cc2)CC1. The number of ketones is 2. The first-order chi connectivity index (χ1) is 34.2. The van der Waals surface area contributed by atoms with E-state index >= 15 is 0 Å². The minimum Gasteiger partial charge on any atom is -0.426 e. The zero-order valence-corrected chi connectivity index (χ0v) is 42.2. The second-order valence-corrected chi connectivity index (χ2v) is 20.6. The summed E-state index contributed by atoms with van der Waals surface area (Å²) in [5, 5.41) is 24.6. The minimum absolute atomic E-state index is 0.0782. The average molecular weight is 967 g/mol. The predicted molar refractivity (Wildman–Crippen MR) is 284 cm³/mol.